The van der Waals surface area contributed by atoms with Crippen LogP contribution in [-0.4, -0.2) is 32.7 Å². The van der Waals surface area contributed by atoms with Gasteiger partial charge in [-0.05, 0) is 47.7 Å². The van der Waals surface area contributed by atoms with Gasteiger partial charge in [0.05, 0.1) is 12.2 Å². The summed E-state index contributed by atoms with van der Waals surface area (Å²) in [7, 11) is 0. The van der Waals surface area contributed by atoms with E-state index < -0.39 is 0 Å². The third kappa shape index (κ3) is 3.96. The molecular formula is C29H27N5O. The highest BCUT2D eigenvalue weighted by Gasteiger charge is 2.38. The zero-order chi connectivity index (χ0) is 23.7. The molecule has 0 spiro atoms. The number of benzene rings is 2. The summed E-state index contributed by atoms with van der Waals surface area (Å²) in [5.41, 5.74) is 12.5. The number of nitrogens with zero attached hydrogens (tertiary/aromatic N) is 4. The molecule has 0 saturated carbocycles. The Bertz CT molecular complexity index is 1440. The van der Waals surface area contributed by atoms with Crippen molar-refractivity contribution in [1.82, 2.24) is 19.5 Å². The summed E-state index contributed by atoms with van der Waals surface area (Å²) >= 11 is 0. The maximum Gasteiger partial charge on any atom is 0.219 e. The topological polar surface area (TPSA) is 78.8 Å². The monoisotopic (exact) mass is 461 g/mol. The fourth-order valence-corrected chi connectivity index (χ4v) is 5.33. The molecule has 2 N–H and O–H groups in total. The van der Waals surface area contributed by atoms with Crippen LogP contribution >= 0.6 is 0 Å². The Labute approximate surface area is 204 Å². The van der Waals surface area contributed by atoms with Crippen molar-refractivity contribution in [2.75, 3.05) is 18.9 Å². The maximum atomic E-state index is 5.84. The summed E-state index contributed by atoms with van der Waals surface area (Å²) in [5, 5.41) is 1.29. The first-order valence-corrected chi connectivity index (χ1v) is 12.0. The molecule has 6 nitrogen and oxygen atoms in total. The molecule has 6 rings (SSSR count). The third-order valence-corrected chi connectivity index (χ3v) is 7.15. The normalized spacial score (nSPS) is 15.3. The molecule has 0 amide bonds. The van der Waals surface area contributed by atoms with Gasteiger partial charge in [-0.15, -0.1) is 0 Å². The standard InChI is InChI=1S/C29H27N5O/c30-28-32-17-22(18-33-28)21-8-10-23(11-9-21)29(12-15-35-16-13-29)26-20-34(19-24-5-3-4-14-31-24)27-7-2-1-6-25(26)27/h1-11,14,17-18,20H,12-13,15-16,19H2,(H2,30,32,33). The van der Waals surface area contributed by atoms with E-state index in [0.717, 1.165) is 49.4 Å². The summed E-state index contributed by atoms with van der Waals surface area (Å²) in [6.45, 7) is 2.23. The molecule has 0 bridgehead atoms. The van der Waals surface area contributed by atoms with E-state index >= 15 is 0 Å². The van der Waals surface area contributed by atoms with Crippen LogP contribution in [0, 0.1) is 0 Å². The lowest BCUT2D eigenvalue weighted by Crippen LogP contribution is -2.35. The van der Waals surface area contributed by atoms with Crippen LogP contribution in [0.3, 0.4) is 0 Å². The van der Waals surface area contributed by atoms with E-state index in [2.05, 4.69) is 80.3 Å². The van der Waals surface area contributed by atoms with Gasteiger partial charge in [-0.25, -0.2) is 9.97 Å². The Balaban J connectivity index is 1.45. The lowest BCUT2D eigenvalue weighted by molar-refractivity contribution is 0.0635. The van der Waals surface area contributed by atoms with Crippen molar-refractivity contribution in [3.05, 3.63) is 108 Å². The van der Waals surface area contributed by atoms with Crippen molar-refractivity contribution in [2.45, 2.75) is 24.8 Å². The number of hydrogen-bond donors (Lipinski definition) is 1. The van der Waals surface area contributed by atoms with E-state index in [1.807, 2.05) is 18.3 Å². The fraction of sp³-hybridized carbons (Fsp3) is 0.207. The highest BCUT2D eigenvalue weighted by molar-refractivity contribution is 5.86. The second-order valence-electron chi connectivity index (χ2n) is 9.11. The molecular weight excluding hydrogens is 434 g/mol. The fourth-order valence-electron chi connectivity index (χ4n) is 5.33. The van der Waals surface area contributed by atoms with Gasteiger partial charge in [0.25, 0.3) is 0 Å². The molecule has 2 aromatic carbocycles. The molecule has 0 unspecified atom stereocenters. The number of hydrogen-bond acceptors (Lipinski definition) is 5. The van der Waals surface area contributed by atoms with Crippen LogP contribution in [0.4, 0.5) is 5.95 Å². The molecule has 0 radical (unpaired) electrons. The predicted molar refractivity (Wildman–Crippen MR) is 138 cm³/mol. The van der Waals surface area contributed by atoms with Crippen molar-refractivity contribution < 1.29 is 4.74 Å². The van der Waals surface area contributed by atoms with Crippen LogP contribution in [0.25, 0.3) is 22.0 Å². The van der Waals surface area contributed by atoms with E-state index in [-0.39, 0.29) is 11.4 Å². The number of para-hydroxylation sites is 1. The van der Waals surface area contributed by atoms with Crippen LogP contribution < -0.4 is 5.73 Å². The molecule has 5 aromatic rings. The number of ether oxygens (including phenoxy) is 1. The number of pyridine rings is 1. The molecule has 174 valence electrons. The molecule has 3 aromatic heterocycles. The average Bonchev–Trinajstić information content (AvgIpc) is 3.29. The molecule has 1 fully saturated rings. The minimum atomic E-state index is -0.122. The number of anilines is 1. The van der Waals surface area contributed by atoms with E-state index in [1.165, 1.54) is 22.0 Å². The van der Waals surface area contributed by atoms with Crippen molar-refractivity contribution in [2.24, 2.45) is 0 Å². The van der Waals surface area contributed by atoms with E-state index in [0.29, 0.717) is 0 Å². The first-order chi connectivity index (χ1) is 17.2. The van der Waals surface area contributed by atoms with Gasteiger partial charge in [0.15, 0.2) is 0 Å². The lowest BCUT2D eigenvalue weighted by Gasteiger charge is -2.38. The highest BCUT2D eigenvalue weighted by atomic mass is 16.5. The van der Waals surface area contributed by atoms with Crippen molar-refractivity contribution >= 4 is 16.9 Å². The SMILES string of the molecule is Nc1ncc(-c2ccc(C3(c4cn(Cc5ccccn5)c5ccccc45)CCOCC3)cc2)cn1. The Kier molecular flexibility index (Phi) is 5.51. The number of nitrogen functional groups attached to an aromatic ring is 1. The zero-order valence-corrected chi connectivity index (χ0v) is 19.5. The number of nitrogens with two attached hydrogens (primary N) is 1. The summed E-state index contributed by atoms with van der Waals surface area (Å²) < 4.78 is 8.18. The molecule has 4 heterocycles. The Morgan fingerprint density at radius 1 is 0.829 bits per heavy atom. The van der Waals surface area contributed by atoms with Gasteiger partial charge < -0.3 is 15.0 Å². The first kappa shape index (κ1) is 21.5. The number of aromatic nitrogens is 4. The van der Waals surface area contributed by atoms with Gasteiger partial charge in [0, 0.05) is 59.9 Å². The third-order valence-electron chi connectivity index (χ3n) is 7.15. The zero-order valence-electron chi connectivity index (χ0n) is 19.5. The average molecular weight is 462 g/mol. The van der Waals surface area contributed by atoms with Crippen LogP contribution in [-0.2, 0) is 16.7 Å². The highest BCUT2D eigenvalue weighted by Crippen LogP contribution is 2.45. The minimum absolute atomic E-state index is 0.122. The van der Waals surface area contributed by atoms with Gasteiger partial charge in [-0.1, -0.05) is 48.5 Å². The number of rotatable bonds is 5. The van der Waals surface area contributed by atoms with Crippen LogP contribution in [0.5, 0.6) is 0 Å². The molecule has 6 heteroatoms. The largest absolute Gasteiger partial charge is 0.381 e. The summed E-state index contributed by atoms with van der Waals surface area (Å²) in [5.74, 6) is 0.286. The smallest absolute Gasteiger partial charge is 0.219 e. The molecule has 0 aliphatic carbocycles. The second kappa shape index (κ2) is 8.96. The summed E-state index contributed by atoms with van der Waals surface area (Å²) in [6.07, 6.45) is 9.62. The van der Waals surface area contributed by atoms with Gasteiger partial charge in [-0.3, -0.25) is 4.98 Å². The first-order valence-electron chi connectivity index (χ1n) is 12.0. The van der Waals surface area contributed by atoms with E-state index in [4.69, 9.17) is 10.5 Å². The molecule has 1 aliphatic heterocycles. The summed E-state index contributed by atoms with van der Waals surface area (Å²) in [6, 6.07) is 23.6. The molecule has 1 aliphatic rings. The van der Waals surface area contributed by atoms with Crippen LogP contribution in [0.2, 0.25) is 0 Å². The van der Waals surface area contributed by atoms with Gasteiger partial charge in [-0.2, -0.15) is 0 Å². The maximum absolute atomic E-state index is 5.84. The lowest BCUT2D eigenvalue weighted by atomic mass is 9.69. The quantitative estimate of drug-likeness (QED) is 0.388. The van der Waals surface area contributed by atoms with Crippen molar-refractivity contribution in [3.8, 4) is 11.1 Å². The Morgan fingerprint density at radius 2 is 1.57 bits per heavy atom. The second-order valence-corrected chi connectivity index (χ2v) is 9.11. The number of fused-ring (bicyclic) bond motifs is 1. The molecule has 0 atom stereocenters. The van der Waals surface area contributed by atoms with Gasteiger partial charge in [0.1, 0.15) is 0 Å². The minimum Gasteiger partial charge on any atom is -0.381 e. The predicted octanol–water partition coefficient (Wildman–Crippen LogP) is 5.22. The Morgan fingerprint density at radius 3 is 2.31 bits per heavy atom. The van der Waals surface area contributed by atoms with Crippen molar-refractivity contribution in [3.63, 3.8) is 0 Å². The Hall–Kier alpha value is -4.03. The van der Waals surface area contributed by atoms with E-state index in [9.17, 15) is 0 Å². The molecule has 1 saturated heterocycles. The van der Waals surface area contributed by atoms with E-state index in [1.54, 1.807) is 12.4 Å². The van der Waals surface area contributed by atoms with Crippen LogP contribution in [0.1, 0.15) is 29.7 Å². The summed E-state index contributed by atoms with van der Waals surface area (Å²) in [4.78, 5) is 12.8. The molecule has 35 heavy (non-hydrogen) atoms. The van der Waals surface area contributed by atoms with Crippen molar-refractivity contribution in [1.29, 1.82) is 0 Å². The van der Waals surface area contributed by atoms with Crippen LogP contribution in [0.15, 0.2) is 91.5 Å². The van der Waals surface area contributed by atoms with Gasteiger partial charge in [0.2, 0.25) is 5.95 Å². The van der Waals surface area contributed by atoms with Gasteiger partial charge >= 0.3 is 0 Å².